The monoisotopic (exact) mass is 367 g/mol. The minimum absolute atomic E-state index is 0.706. The van der Waals surface area contributed by atoms with E-state index in [0.29, 0.717) is 11.6 Å². The van der Waals surface area contributed by atoms with Crippen LogP contribution in [-0.2, 0) is 13.1 Å². The van der Waals surface area contributed by atoms with Gasteiger partial charge in [0.25, 0.3) is 0 Å². The van der Waals surface area contributed by atoms with Gasteiger partial charge in [0.05, 0.1) is 10.7 Å². The number of hydrogen-bond acceptors (Lipinski definition) is 3. The quantitative estimate of drug-likeness (QED) is 0.810. The summed E-state index contributed by atoms with van der Waals surface area (Å²) in [5, 5.41) is 3.92. The van der Waals surface area contributed by atoms with Gasteiger partial charge in [0.1, 0.15) is 5.82 Å². The number of rotatable bonds is 6. The van der Waals surface area contributed by atoms with Gasteiger partial charge in [0.15, 0.2) is 0 Å². The van der Waals surface area contributed by atoms with Gasteiger partial charge in [-0.2, -0.15) is 0 Å². The molecule has 2 aromatic rings. The molecule has 1 heterocycles. The molecule has 0 radical (unpaired) electrons. The molecule has 0 aliphatic carbocycles. The molecule has 21 heavy (non-hydrogen) atoms. The Morgan fingerprint density at radius 1 is 1.24 bits per heavy atom. The van der Waals surface area contributed by atoms with E-state index in [1.54, 1.807) is 0 Å². The Labute approximate surface area is 139 Å². The fraction of sp³-hybridized carbons (Fsp3) is 0.312. The summed E-state index contributed by atoms with van der Waals surface area (Å²) in [6, 6.07) is 12.1. The Bertz CT molecular complexity index is 604. The van der Waals surface area contributed by atoms with Crippen LogP contribution >= 0.6 is 27.5 Å². The second-order valence-corrected chi connectivity index (χ2v) is 6.28. The van der Waals surface area contributed by atoms with E-state index in [0.717, 1.165) is 29.1 Å². The maximum absolute atomic E-state index is 6.24. The maximum atomic E-state index is 6.24. The molecule has 2 rings (SSSR count). The molecule has 1 aromatic heterocycles. The highest BCUT2D eigenvalue weighted by Crippen LogP contribution is 2.19. The minimum Gasteiger partial charge on any atom is -0.370 e. The lowest BCUT2D eigenvalue weighted by Crippen LogP contribution is -2.18. The molecule has 5 heteroatoms. The molecule has 112 valence electrons. The van der Waals surface area contributed by atoms with E-state index < -0.39 is 0 Å². The van der Waals surface area contributed by atoms with Gasteiger partial charge in [-0.25, -0.2) is 4.98 Å². The fourth-order valence-electron chi connectivity index (χ4n) is 2.13. The summed E-state index contributed by atoms with van der Waals surface area (Å²) in [5.41, 5.74) is 2.15. The molecule has 0 spiro atoms. The fourth-order valence-corrected chi connectivity index (χ4v) is 2.75. The molecule has 0 fully saturated rings. The van der Waals surface area contributed by atoms with Crippen LogP contribution in [0.15, 0.2) is 40.9 Å². The van der Waals surface area contributed by atoms with Crippen molar-refractivity contribution in [3.05, 3.63) is 57.2 Å². The summed E-state index contributed by atoms with van der Waals surface area (Å²) in [6.45, 7) is 4.46. The lowest BCUT2D eigenvalue weighted by Gasteiger charge is -2.18. The van der Waals surface area contributed by atoms with Crippen LogP contribution in [0.2, 0.25) is 5.02 Å². The van der Waals surface area contributed by atoms with Crippen LogP contribution < -0.4 is 5.32 Å². The van der Waals surface area contributed by atoms with Crippen LogP contribution in [0.25, 0.3) is 0 Å². The van der Waals surface area contributed by atoms with E-state index in [2.05, 4.69) is 57.2 Å². The molecule has 1 N–H and O–H groups in total. The SMILES string of the molecule is CCNc1ccc(Cl)c(CN(C)Cc2cccc(Br)c2)n1. The van der Waals surface area contributed by atoms with Gasteiger partial charge in [-0.15, -0.1) is 0 Å². The van der Waals surface area contributed by atoms with Crippen LogP contribution in [-0.4, -0.2) is 23.5 Å². The molecule has 0 unspecified atom stereocenters. The van der Waals surface area contributed by atoms with Crippen molar-refractivity contribution in [2.24, 2.45) is 0 Å². The van der Waals surface area contributed by atoms with Gasteiger partial charge >= 0.3 is 0 Å². The summed E-state index contributed by atoms with van der Waals surface area (Å²) >= 11 is 9.74. The third-order valence-electron chi connectivity index (χ3n) is 3.04. The van der Waals surface area contributed by atoms with E-state index in [1.165, 1.54) is 5.56 Å². The third-order valence-corrected chi connectivity index (χ3v) is 3.88. The van der Waals surface area contributed by atoms with Crippen molar-refractivity contribution < 1.29 is 0 Å². The van der Waals surface area contributed by atoms with Gasteiger partial charge in [0, 0.05) is 24.1 Å². The number of pyridine rings is 1. The number of nitrogens with zero attached hydrogens (tertiary/aromatic N) is 2. The van der Waals surface area contributed by atoms with Crippen LogP contribution in [0, 0.1) is 0 Å². The van der Waals surface area contributed by atoms with E-state index in [1.807, 2.05) is 24.3 Å². The molecule has 0 aliphatic rings. The maximum Gasteiger partial charge on any atom is 0.126 e. The standard InChI is InChI=1S/C16H19BrClN3/c1-3-19-16-8-7-14(18)15(20-16)11-21(2)10-12-5-4-6-13(17)9-12/h4-9H,3,10-11H2,1-2H3,(H,19,20). The minimum atomic E-state index is 0.706. The first-order valence-electron chi connectivity index (χ1n) is 6.90. The van der Waals surface area contributed by atoms with E-state index in [-0.39, 0.29) is 0 Å². The van der Waals surface area contributed by atoms with E-state index in [4.69, 9.17) is 11.6 Å². The average molecular weight is 369 g/mol. The Hall–Kier alpha value is -1.10. The highest BCUT2D eigenvalue weighted by molar-refractivity contribution is 9.10. The number of benzene rings is 1. The summed E-state index contributed by atoms with van der Waals surface area (Å²) in [6.07, 6.45) is 0. The number of nitrogens with one attached hydrogen (secondary N) is 1. The lowest BCUT2D eigenvalue weighted by molar-refractivity contribution is 0.315. The van der Waals surface area contributed by atoms with Crippen molar-refractivity contribution in [1.82, 2.24) is 9.88 Å². The van der Waals surface area contributed by atoms with Gasteiger partial charge in [-0.3, -0.25) is 4.90 Å². The Morgan fingerprint density at radius 2 is 2.05 bits per heavy atom. The molecule has 0 amide bonds. The second-order valence-electron chi connectivity index (χ2n) is 4.96. The number of anilines is 1. The van der Waals surface area contributed by atoms with Crippen molar-refractivity contribution in [1.29, 1.82) is 0 Å². The molecule has 0 saturated carbocycles. The zero-order valence-electron chi connectivity index (χ0n) is 12.2. The van der Waals surface area contributed by atoms with Gasteiger partial charge in [-0.05, 0) is 43.8 Å². The van der Waals surface area contributed by atoms with Crippen molar-refractivity contribution in [2.75, 3.05) is 18.9 Å². The van der Waals surface area contributed by atoms with Crippen LogP contribution in [0.4, 0.5) is 5.82 Å². The number of halogens is 2. The largest absolute Gasteiger partial charge is 0.370 e. The lowest BCUT2D eigenvalue weighted by atomic mass is 10.2. The summed E-state index contributed by atoms with van der Waals surface area (Å²) in [7, 11) is 2.07. The Kier molecular flexibility index (Phi) is 6.03. The number of aromatic nitrogens is 1. The molecular formula is C16H19BrClN3. The van der Waals surface area contributed by atoms with Gasteiger partial charge in [-0.1, -0.05) is 39.7 Å². The van der Waals surface area contributed by atoms with Crippen molar-refractivity contribution in [2.45, 2.75) is 20.0 Å². The molecule has 3 nitrogen and oxygen atoms in total. The zero-order chi connectivity index (χ0) is 15.2. The number of hydrogen-bond donors (Lipinski definition) is 1. The normalized spacial score (nSPS) is 10.9. The molecule has 0 bridgehead atoms. The molecule has 0 aliphatic heterocycles. The topological polar surface area (TPSA) is 28.2 Å². The van der Waals surface area contributed by atoms with E-state index >= 15 is 0 Å². The zero-order valence-corrected chi connectivity index (χ0v) is 14.6. The molecule has 1 aromatic carbocycles. The first-order chi connectivity index (χ1) is 10.1. The summed E-state index contributed by atoms with van der Waals surface area (Å²) in [5.74, 6) is 0.868. The highest BCUT2D eigenvalue weighted by atomic mass is 79.9. The van der Waals surface area contributed by atoms with Gasteiger partial charge in [0.2, 0.25) is 0 Å². The first-order valence-corrected chi connectivity index (χ1v) is 8.08. The average Bonchev–Trinajstić information content (AvgIpc) is 2.43. The smallest absolute Gasteiger partial charge is 0.126 e. The Morgan fingerprint density at radius 3 is 2.76 bits per heavy atom. The van der Waals surface area contributed by atoms with Crippen molar-refractivity contribution in [3.63, 3.8) is 0 Å². The van der Waals surface area contributed by atoms with Crippen LogP contribution in [0.5, 0.6) is 0 Å². The predicted molar refractivity (Wildman–Crippen MR) is 92.7 cm³/mol. The van der Waals surface area contributed by atoms with Crippen molar-refractivity contribution >= 4 is 33.3 Å². The summed E-state index contributed by atoms with van der Waals surface area (Å²) < 4.78 is 1.10. The Balaban J connectivity index is 2.05. The summed E-state index contributed by atoms with van der Waals surface area (Å²) in [4.78, 5) is 6.77. The predicted octanol–water partition coefficient (Wildman–Crippen LogP) is 4.56. The van der Waals surface area contributed by atoms with Crippen LogP contribution in [0.1, 0.15) is 18.2 Å². The van der Waals surface area contributed by atoms with Gasteiger partial charge < -0.3 is 5.32 Å². The van der Waals surface area contributed by atoms with Crippen molar-refractivity contribution in [3.8, 4) is 0 Å². The molecule has 0 saturated heterocycles. The molecule has 0 atom stereocenters. The third kappa shape index (κ3) is 4.99. The van der Waals surface area contributed by atoms with Crippen LogP contribution in [0.3, 0.4) is 0 Å². The first kappa shape index (κ1) is 16.3. The van der Waals surface area contributed by atoms with E-state index in [9.17, 15) is 0 Å². The highest BCUT2D eigenvalue weighted by Gasteiger charge is 2.08. The second kappa shape index (κ2) is 7.78. The molecular weight excluding hydrogens is 350 g/mol.